The summed E-state index contributed by atoms with van der Waals surface area (Å²) in [7, 11) is 1.84. The van der Waals surface area contributed by atoms with Crippen molar-refractivity contribution in [3.8, 4) is 0 Å². The molecule has 0 spiro atoms. The number of nitro groups is 1. The van der Waals surface area contributed by atoms with Gasteiger partial charge in [0, 0.05) is 37.5 Å². The molecule has 2 aromatic rings. The molecule has 0 aliphatic rings. The molecule has 1 aromatic carbocycles. The molecule has 2 rings (SSSR count). The Labute approximate surface area is 115 Å². The fourth-order valence-corrected chi connectivity index (χ4v) is 1.96. The van der Waals surface area contributed by atoms with Gasteiger partial charge < -0.3 is 5.32 Å². The first-order chi connectivity index (χ1) is 8.97. The summed E-state index contributed by atoms with van der Waals surface area (Å²) in [4.78, 5) is 10.3. The molecule has 0 unspecified atom stereocenters. The minimum Gasteiger partial charge on any atom is -0.379 e. The minimum atomic E-state index is -0.448. The van der Waals surface area contributed by atoms with Crippen LogP contribution in [-0.4, -0.2) is 14.7 Å². The summed E-state index contributed by atoms with van der Waals surface area (Å²) in [6.07, 6.45) is 1.90. The van der Waals surface area contributed by atoms with Crippen LogP contribution in [-0.2, 0) is 13.6 Å². The van der Waals surface area contributed by atoms with Crippen LogP contribution in [0.1, 0.15) is 11.3 Å². The fraction of sp³-hybridized carbons (Fsp3) is 0.250. The van der Waals surface area contributed by atoms with Crippen LogP contribution in [0.15, 0.2) is 24.4 Å². The van der Waals surface area contributed by atoms with Gasteiger partial charge in [0.05, 0.1) is 21.3 Å². The maximum atomic E-state index is 10.7. The number of hydrogen-bond acceptors (Lipinski definition) is 4. The van der Waals surface area contributed by atoms with E-state index in [-0.39, 0.29) is 5.69 Å². The molecule has 1 aromatic heterocycles. The van der Waals surface area contributed by atoms with Gasteiger partial charge in [-0.1, -0.05) is 11.6 Å². The van der Waals surface area contributed by atoms with Gasteiger partial charge in [-0.15, -0.1) is 0 Å². The Kier molecular flexibility index (Phi) is 3.71. The van der Waals surface area contributed by atoms with E-state index in [1.165, 1.54) is 18.2 Å². The lowest BCUT2D eigenvalue weighted by molar-refractivity contribution is -0.384. The van der Waals surface area contributed by atoms with Gasteiger partial charge in [0.15, 0.2) is 0 Å². The molecule has 1 heterocycles. The topological polar surface area (TPSA) is 73.0 Å². The van der Waals surface area contributed by atoms with Gasteiger partial charge >= 0.3 is 0 Å². The summed E-state index contributed by atoms with van der Waals surface area (Å²) in [5.74, 6) is 0. The zero-order valence-corrected chi connectivity index (χ0v) is 11.3. The highest BCUT2D eigenvalue weighted by Crippen LogP contribution is 2.27. The molecule has 0 saturated heterocycles. The van der Waals surface area contributed by atoms with Gasteiger partial charge in [0.1, 0.15) is 0 Å². The first kappa shape index (κ1) is 13.4. The smallest absolute Gasteiger partial charge is 0.271 e. The normalized spacial score (nSPS) is 10.5. The molecule has 0 fully saturated rings. The van der Waals surface area contributed by atoms with Gasteiger partial charge in [0.2, 0.25) is 0 Å². The second-order valence-corrected chi connectivity index (χ2v) is 4.60. The maximum absolute atomic E-state index is 10.7. The highest BCUT2D eigenvalue weighted by atomic mass is 35.5. The summed E-state index contributed by atoms with van der Waals surface area (Å²) in [6, 6.07) is 4.31. The van der Waals surface area contributed by atoms with Crippen LogP contribution in [0.4, 0.5) is 11.4 Å². The van der Waals surface area contributed by atoms with Gasteiger partial charge in [0.25, 0.3) is 5.69 Å². The Bertz CT molecular complexity index is 624. The number of non-ortho nitro benzene ring substituents is 1. The van der Waals surface area contributed by atoms with Crippen molar-refractivity contribution >= 4 is 23.0 Å². The monoisotopic (exact) mass is 280 g/mol. The predicted octanol–water partition coefficient (Wildman–Crippen LogP) is 2.90. The van der Waals surface area contributed by atoms with E-state index in [2.05, 4.69) is 10.4 Å². The van der Waals surface area contributed by atoms with Gasteiger partial charge in [-0.2, -0.15) is 5.10 Å². The van der Waals surface area contributed by atoms with E-state index in [1.807, 2.05) is 20.2 Å². The van der Waals surface area contributed by atoms with Crippen molar-refractivity contribution in [2.45, 2.75) is 13.5 Å². The van der Waals surface area contributed by atoms with Crippen LogP contribution >= 0.6 is 11.6 Å². The van der Waals surface area contributed by atoms with Crippen LogP contribution in [0.25, 0.3) is 0 Å². The molecule has 1 N–H and O–H groups in total. The van der Waals surface area contributed by atoms with Crippen molar-refractivity contribution < 1.29 is 4.92 Å². The van der Waals surface area contributed by atoms with Crippen LogP contribution < -0.4 is 5.32 Å². The zero-order chi connectivity index (χ0) is 14.0. The first-order valence-corrected chi connectivity index (χ1v) is 6.02. The molecular weight excluding hydrogens is 268 g/mol. The lowest BCUT2D eigenvalue weighted by Gasteiger charge is -2.07. The van der Waals surface area contributed by atoms with Crippen LogP contribution in [0.5, 0.6) is 0 Å². The average Bonchev–Trinajstić information content (AvgIpc) is 2.66. The van der Waals surface area contributed by atoms with Crippen LogP contribution in [0.2, 0.25) is 5.02 Å². The molecule has 0 amide bonds. The van der Waals surface area contributed by atoms with Gasteiger partial charge in [-0.25, -0.2) is 0 Å². The number of anilines is 1. The number of aryl methyl sites for hydroxylation is 2. The second kappa shape index (κ2) is 5.27. The number of nitrogens with one attached hydrogen (secondary N) is 1. The molecule has 0 radical (unpaired) electrons. The van der Waals surface area contributed by atoms with Crippen molar-refractivity contribution in [2.75, 3.05) is 5.32 Å². The molecular formula is C12H13ClN4O2. The SMILES string of the molecule is Cc1nn(C)cc1CNc1cc([N+](=O)[O-])ccc1Cl. The Morgan fingerprint density at radius 1 is 1.53 bits per heavy atom. The number of nitro benzene ring substituents is 1. The lowest BCUT2D eigenvalue weighted by atomic mass is 10.2. The van der Waals surface area contributed by atoms with Crippen molar-refractivity contribution in [3.63, 3.8) is 0 Å². The van der Waals surface area contributed by atoms with E-state index >= 15 is 0 Å². The largest absolute Gasteiger partial charge is 0.379 e. The Balaban J connectivity index is 2.17. The average molecular weight is 281 g/mol. The number of nitrogens with zero attached hydrogens (tertiary/aromatic N) is 3. The molecule has 6 nitrogen and oxygen atoms in total. The summed E-state index contributed by atoms with van der Waals surface area (Å²) in [5.41, 5.74) is 2.48. The minimum absolute atomic E-state index is 0.00908. The Morgan fingerprint density at radius 3 is 2.84 bits per heavy atom. The summed E-state index contributed by atoms with van der Waals surface area (Å²) >= 11 is 6.01. The Morgan fingerprint density at radius 2 is 2.26 bits per heavy atom. The highest BCUT2D eigenvalue weighted by molar-refractivity contribution is 6.33. The first-order valence-electron chi connectivity index (χ1n) is 5.64. The van der Waals surface area contributed by atoms with Crippen molar-refractivity contribution in [1.29, 1.82) is 0 Å². The zero-order valence-electron chi connectivity index (χ0n) is 10.6. The van der Waals surface area contributed by atoms with E-state index < -0.39 is 4.92 Å². The molecule has 0 aliphatic heterocycles. The van der Waals surface area contributed by atoms with Gasteiger partial charge in [-0.3, -0.25) is 14.8 Å². The highest BCUT2D eigenvalue weighted by Gasteiger charge is 2.10. The quantitative estimate of drug-likeness (QED) is 0.690. The lowest BCUT2D eigenvalue weighted by Crippen LogP contribution is -2.01. The van der Waals surface area contributed by atoms with E-state index in [4.69, 9.17) is 11.6 Å². The fourth-order valence-electron chi connectivity index (χ4n) is 1.77. The van der Waals surface area contributed by atoms with Gasteiger partial charge in [-0.05, 0) is 13.0 Å². The van der Waals surface area contributed by atoms with Crippen LogP contribution in [0.3, 0.4) is 0 Å². The van der Waals surface area contributed by atoms with E-state index in [0.717, 1.165) is 11.3 Å². The van der Waals surface area contributed by atoms with Crippen molar-refractivity contribution in [1.82, 2.24) is 9.78 Å². The molecule has 0 aliphatic carbocycles. The number of rotatable bonds is 4. The summed E-state index contributed by atoms with van der Waals surface area (Å²) in [5, 5.41) is 18.5. The molecule has 100 valence electrons. The standard InChI is InChI=1S/C12H13ClN4O2/c1-8-9(7-16(2)15-8)6-14-12-5-10(17(18)19)3-4-11(12)13/h3-5,7,14H,6H2,1-2H3. The number of halogens is 1. The third-order valence-electron chi connectivity index (χ3n) is 2.75. The number of benzene rings is 1. The van der Waals surface area contributed by atoms with Crippen LogP contribution in [0, 0.1) is 17.0 Å². The molecule has 0 saturated carbocycles. The van der Waals surface area contributed by atoms with E-state index in [9.17, 15) is 10.1 Å². The van der Waals surface area contributed by atoms with Crippen molar-refractivity contribution in [3.05, 3.63) is 50.8 Å². The Hall–Kier alpha value is -2.08. The second-order valence-electron chi connectivity index (χ2n) is 4.19. The number of hydrogen-bond donors (Lipinski definition) is 1. The number of aromatic nitrogens is 2. The third-order valence-corrected chi connectivity index (χ3v) is 3.07. The summed E-state index contributed by atoms with van der Waals surface area (Å²) < 4.78 is 1.72. The molecule has 19 heavy (non-hydrogen) atoms. The summed E-state index contributed by atoms with van der Waals surface area (Å²) in [6.45, 7) is 2.42. The molecule has 0 atom stereocenters. The van der Waals surface area contributed by atoms with E-state index in [1.54, 1.807) is 4.68 Å². The predicted molar refractivity (Wildman–Crippen MR) is 73.4 cm³/mol. The van der Waals surface area contributed by atoms with E-state index in [0.29, 0.717) is 17.3 Å². The third kappa shape index (κ3) is 3.03. The molecule has 0 bridgehead atoms. The maximum Gasteiger partial charge on any atom is 0.271 e. The van der Waals surface area contributed by atoms with Crippen molar-refractivity contribution in [2.24, 2.45) is 7.05 Å². The molecule has 7 heteroatoms.